The molecule has 0 aliphatic rings. The van der Waals surface area contributed by atoms with E-state index in [2.05, 4.69) is 41.5 Å². The molecule has 1 atom stereocenters. The number of amides is 1. The van der Waals surface area contributed by atoms with Gasteiger partial charge in [0, 0.05) is 6.42 Å². The highest BCUT2D eigenvalue weighted by atomic mass is 79.9. The highest BCUT2D eigenvalue weighted by Crippen LogP contribution is 2.18. The molecule has 13 heteroatoms. The largest absolute Gasteiger partial charge is 1.00 e. The van der Waals surface area contributed by atoms with Gasteiger partial charge in [0.25, 0.3) is 5.91 Å². The van der Waals surface area contributed by atoms with E-state index in [1.54, 1.807) is 0 Å². The maximum atomic E-state index is 12.4. The number of quaternary nitrogens is 1. The lowest BCUT2D eigenvalue weighted by atomic mass is 10.1. The lowest BCUT2D eigenvalue weighted by Crippen LogP contribution is -3.00. The number of carbonyl (C=O) groups is 1. The Morgan fingerprint density at radius 3 is 2.12 bits per heavy atom. The maximum absolute atomic E-state index is 12.4. The van der Waals surface area contributed by atoms with Crippen molar-refractivity contribution in [1.29, 1.82) is 0 Å². The summed E-state index contributed by atoms with van der Waals surface area (Å²) in [5.41, 5.74) is 13.7. The number of anilines is 2. The molecule has 0 fully saturated rings. The van der Waals surface area contributed by atoms with E-state index in [4.69, 9.17) is 37.6 Å². The molecule has 7 N–H and O–H groups in total. The van der Waals surface area contributed by atoms with Crippen LogP contribution in [0.4, 0.5) is 11.6 Å². The molecule has 1 amide bonds. The number of benzene rings is 2. The van der Waals surface area contributed by atoms with Crippen LogP contribution < -0.4 is 43.2 Å². The van der Waals surface area contributed by atoms with E-state index >= 15 is 0 Å². The molecule has 1 aromatic heterocycles. The van der Waals surface area contributed by atoms with Crippen LogP contribution >= 0.6 is 11.6 Å². The summed E-state index contributed by atoms with van der Waals surface area (Å²) in [6.45, 7) is 2.50. The van der Waals surface area contributed by atoms with Crippen molar-refractivity contribution in [2.75, 3.05) is 65.0 Å². The Morgan fingerprint density at radius 2 is 1.51 bits per heavy atom. The van der Waals surface area contributed by atoms with Gasteiger partial charge in [-0.2, -0.15) is 0 Å². The lowest BCUT2D eigenvalue weighted by molar-refractivity contribution is -0.889. The van der Waals surface area contributed by atoms with Crippen LogP contribution in [0.15, 0.2) is 48.5 Å². The first kappa shape index (κ1) is 36.0. The van der Waals surface area contributed by atoms with E-state index in [9.17, 15) is 9.90 Å². The second-order valence-electron chi connectivity index (χ2n) is 10.8. The fourth-order valence-corrected chi connectivity index (χ4v) is 4.33. The number of nitrogen functional groups attached to an aromatic ring is 2. The summed E-state index contributed by atoms with van der Waals surface area (Å²) >= 11 is 5.87. The third-order valence-electron chi connectivity index (χ3n) is 6.73. The summed E-state index contributed by atoms with van der Waals surface area (Å²) in [6, 6.07) is 15.9. The number of halogens is 2. The van der Waals surface area contributed by atoms with Crippen molar-refractivity contribution in [3.63, 3.8) is 0 Å². The van der Waals surface area contributed by atoms with E-state index in [1.165, 1.54) is 11.1 Å². The zero-order chi connectivity index (χ0) is 30.5. The third-order valence-corrected chi connectivity index (χ3v) is 7.01. The Bertz CT molecular complexity index is 1280. The SMILES string of the molecule is C[N+](C)(CCCc1ccc(OCCCc2ccc(OC[C@@H](O)CO)cc2)cc1)CCNC(=O)c1nc(Cl)c(N)nc1N.[Br-]. The molecule has 236 valence electrons. The molecule has 0 bridgehead atoms. The monoisotopic (exact) mass is 680 g/mol. The summed E-state index contributed by atoms with van der Waals surface area (Å²) in [4.78, 5) is 20.2. The molecule has 0 aliphatic carbocycles. The summed E-state index contributed by atoms with van der Waals surface area (Å²) in [7, 11) is 4.26. The first-order valence-electron chi connectivity index (χ1n) is 14.0. The van der Waals surface area contributed by atoms with Crippen LogP contribution in [-0.2, 0) is 12.8 Å². The Kier molecular flexibility index (Phi) is 14.9. The molecular formula is C30H42BrClN6O5. The van der Waals surface area contributed by atoms with Gasteiger partial charge in [-0.1, -0.05) is 35.9 Å². The van der Waals surface area contributed by atoms with Gasteiger partial charge in [0.05, 0.1) is 46.9 Å². The van der Waals surface area contributed by atoms with Gasteiger partial charge in [0.15, 0.2) is 22.5 Å². The fourth-order valence-electron chi connectivity index (χ4n) is 4.20. The van der Waals surface area contributed by atoms with Crippen molar-refractivity contribution >= 4 is 29.1 Å². The van der Waals surface area contributed by atoms with Crippen LogP contribution in [0, 0.1) is 0 Å². The molecule has 0 saturated carbocycles. The van der Waals surface area contributed by atoms with Crippen LogP contribution in [0.3, 0.4) is 0 Å². The standard InChI is InChI=1S/C30H41ClN6O5.BrH/c1-37(2,17-15-34-30(40)26-28(32)36-29(33)27(31)35-26)16-3-5-21-7-11-24(12-8-21)41-18-4-6-22-9-13-25(14-10-22)42-20-23(39)19-38;/h7-14,23,38-39H,3-6,15-20H2,1-2H3,(H4-,32,33,34,36,40);1H/t23-;/m0./s1. The third kappa shape index (κ3) is 12.5. The predicted octanol–water partition coefficient (Wildman–Crippen LogP) is -0.519. The fraction of sp³-hybridized carbons (Fsp3) is 0.433. The Labute approximate surface area is 268 Å². The molecular weight excluding hydrogens is 640 g/mol. The number of aromatic nitrogens is 2. The van der Waals surface area contributed by atoms with Gasteiger partial charge in [-0.15, -0.1) is 0 Å². The average Bonchev–Trinajstić information content (AvgIpc) is 2.97. The van der Waals surface area contributed by atoms with Gasteiger partial charge < -0.3 is 57.9 Å². The number of carbonyl (C=O) groups excluding carboxylic acids is 1. The number of aliphatic hydroxyl groups excluding tert-OH is 2. The molecule has 0 radical (unpaired) electrons. The number of hydrogen-bond donors (Lipinski definition) is 5. The summed E-state index contributed by atoms with van der Waals surface area (Å²) < 4.78 is 12.1. The number of nitrogens with zero attached hydrogens (tertiary/aromatic N) is 3. The van der Waals surface area contributed by atoms with E-state index < -0.39 is 12.0 Å². The van der Waals surface area contributed by atoms with Gasteiger partial charge in [-0.25, -0.2) is 9.97 Å². The van der Waals surface area contributed by atoms with Crippen LogP contribution in [0.25, 0.3) is 0 Å². The Morgan fingerprint density at radius 1 is 0.930 bits per heavy atom. The van der Waals surface area contributed by atoms with Crippen LogP contribution in [-0.4, -0.2) is 90.2 Å². The van der Waals surface area contributed by atoms with Gasteiger partial charge >= 0.3 is 0 Å². The molecule has 43 heavy (non-hydrogen) atoms. The number of nitrogens with two attached hydrogens (primary N) is 2. The van der Waals surface area contributed by atoms with Crippen LogP contribution in [0.5, 0.6) is 11.5 Å². The Balaban J connectivity index is 0.00000645. The zero-order valence-electron chi connectivity index (χ0n) is 24.6. The summed E-state index contributed by atoms with van der Waals surface area (Å²) in [5.74, 6) is 1.03. The molecule has 1 heterocycles. The zero-order valence-corrected chi connectivity index (χ0v) is 27.0. The first-order chi connectivity index (χ1) is 20.1. The molecule has 11 nitrogen and oxygen atoms in total. The number of likely N-dealkylation sites (N-methyl/N-ethyl adjacent to an activating group) is 1. The quantitative estimate of drug-likeness (QED) is 0.0932. The van der Waals surface area contributed by atoms with E-state index in [1.807, 2.05) is 36.4 Å². The van der Waals surface area contributed by atoms with Gasteiger partial charge in [0.2, 0.25) is 0 Å². The number of nitrogens with one attached hydrogen (secondary N) is 1. The van der Waals surface area contributed by atoms with Crippen molar-refractivity contribution in [1.82, 2.24) is 15.3 Å². The van der Waals surface area contributed by atoms with E-state index in [-0.39, 0.29) is 52.7 Å². The summed E-state index contributed by atoms with van der Waals surface area (Å²) in [6.07, 6.45) is 2.84. The highest BCUT2D eigenvalue weighted by molar-refractivity contribution is 6.31. The van der Waals surface area contributed by atoms with Crippen molar-refractivity contribution in [3.05, 3.63) is 70.5 Å². The predicted molar refractivity (Wildman–Crippen MR) is 164 cm³/mol. The molecule has 0 saturated heterocycles. The number of hydrogen-bond acceptors (Lipinski definition) is 9. The van der Waals surface area contributed by atoms with Gasteiger partial charge in [-0.05, 0) is 54.7 Å². The number of ether oxygens (including phenoxy) is 2. The smallest absolute Gasteiger partial charge is 0.273 e. The van der Waals surface area contributed by atoms with Crippen molar-refractivity contribution in [2.24, 2.45) is 0 Å². The minimum absolute atomic E-state index is 0. The maximum Gasteiger partial charge on any atom is 0.273 e. The molecule has 2 aromatic carbocycles. The van der Waals surface area contributed by atoms with Crippen LogP contribution in [0.2, 0.25) is 5.15 Å². The van der Waals surface area contributed by atoms with Crippen molar-refractivity contribution < 1.29 is 45.9 Å². The Hall–Kier alpha value is -3.16. The number of rotatable bonds is 17. The first-order valence-corrected chi connectivity index (χ1v) is 14.3. The molecule has 0 unspecified atom stereocenters. The summed E-state index contributed by atoms with van der Waals surface area (Å²) in [5, 5.41) is 21.0. The highest BCUT2D eigenvalue weighted by Gasteiger charge is 2.18. The van der Waals surface area contributed by atoms with E-state index in [0.29, 0.717) is 18.9 Å². The molecule has 3 rings (SSSR count). The average molecular weight is 682 g/mol. The van der Waals surface area contributed by atoms with Crippen molar-refractivity contribution in [2.45, 2.75) is 31.8 Å². The van der Waals surface area contributed by atoms with Gasteiger partial charge in [0.1, 0.15) is 24.2 Å². The van der Waals surface area contributed by atoms with E-state index in [0.717, 1.165) is 49.0 Å². The minimum atomic E-state index is -0.874. The second kappa shape index (κ2) is 17.8. The minimum Gasteiger partial charge on any atom is -1.00 e. The molecule has 3 aromatic rings. The lowest BCUT2D eigenvalue weighted by Gasteiger charge is -2.30. The number of aliphatic hydroxyl groups is 2. The second-order valence-corrected chi connectivity index (χ2v) is 11.1. The van der Waals surface area contributed by atoms with Crippen LogP contribution in [0.1, 0.15) is 34.5 Å². The molecule has 0 aliphatic heterocycles. The van der Waals surface area contributed by atoms with Gasteiger partial charge in [-0.3, -0.25) is 4.79 Å². The van der Waals surface area contributed by atoms with Crippen molar-refractivity contribution in [3.8, 4) is 11.5 Å². The topological polar surface area (TPSA) is 166 Å². The molecule has 0 spiro atoms. The normalized spacial score (nSPS) is 11.8. The number of aryl methyl sites for hydroxylation is 2.